The molecule has 1 aliphatic rings. The fourth-order valence-corrected chi connectivity index (χ4v) is 2.99. The number of rotatable bonds is 4. The number of nitrogens with one attached hydrogen (secondary N) is 1. The Morgan fingerprint density at radius 3 is 2.78 bits per heavy atom. The molecule has 1 aliphatic heterocycles. The van der Waals surface area contributed by atoms with Crippen LogP contribution in [0.3, 0.4) is 0 Å². The molecule has 2 aromatic heterocycles. The van der Waals surface area contributed by atoms with Crippen LogP contribution in [0.25, 0.3) is 16.7 Å². The first-order valence-corrected chi connectivity index (χ1v) is 8.35. The second-order valence-electron chi connectivity index (χ2n) is 6.03. The zero-order chi connectivity index (χ0) is 18.2. The van der Waals surface area contributed by atoms with E-state index in [1.54, 1.807) is 23.0 Å². The highest BCUT2D eigenvalue weighted by atomic mass is 19.1. The predicted octanol–water partition coefficient (Wildman–Crippen LogP) is 3.30. The maximum atomic E-state index is 13.2. The highest BCUT2D eigenvalue weighted by Gasteiger charge is 2.14. The van der Waals surface area contributed by atoms with Crippen LogP contribution in [0.15, 0.2) is 55.0 Å². The smallest absolute Gasteiger partial charge is 0.231 e. The highest BCUT2D eigenvalue weighted by molar-refractivity contribution is 5.87. The number of fused-ring (bicyclic) bond motifs is 2. The molecule has 0 saturated carbocycles. The quantitative estimate of drug-likeness (QED) is 0.600. The minimum atomic E-state index is -0.295. The van der Waals surface area contributed by atoms with Crippen LogP contribution < -0.4 is 14.8 Å². The van der Waals surface area contributed by atoms with Crippen molar-refractivity contribution in [3.8, 4) is 17.2 Å². The average Bonchev–Trinajstić information content (AvgIpc) is 3.33. The summed E-state index contributed by atoms with van der Waals surface area (Å²) in [6.45, 7) is 0.811. The van der Waals surface area contributed by atoms with E-state index < -0.39 is 0 Å². The molecule has 134 valence electrons. The number of nitrogens with zero attached hydrogens (tertiary/aromatic N) is 4. The molecule has 0 radical (unpaired) electrons. The van der Waals surface area contributed by atoms with Crippen LogP contribution in [0.4, 0.5) is 10.2 Å². The van der Waals surface area contributed by atoms with Crippen molar-refractivity contribution < 1.29 is 13.9 Å². The number of hydrogen-bond donors (Lipinski definition) is 1. The Balaban J connectivity index is 1.43. The first-order valence-electron chi connectivity index (χ1n) is 8.35. The lowest BCUT2D eigenvalue weighted by atomic mass is 10.2. The maximum absolute atomic E-state index is 13.2. The molecule has 0 spiro atoms. The summed E-state index contributed by atoms with van der Waals surface area (Å²) in [6.07, 6.45) is 3.17. The van der Waals surface area contributed by atoms with Gasteiger partial charge in [-0.05, 0) is 42.0 Å². The lowest BCUT2D eigenvalue weighted by Crippen LogP contribution is -2.03. The van der Waals surface area contributed by atoms with Crippen molar-refractivity contribution in [2.24, 2.45) is 0 Å². The van der Waals surface area contributed by atoms with Gasteiger partial charge in [0.1, 0.15) is 18.0 Å². The standard InChI is InChI=1S/C19H14FN5O2/c20-13-2-4-14(5-3-13)25-19-15(9-24-25)18(22-10-23-19)21-8-12-1-6-16-17(7-12)27-11-26-16/h1-7,9-10H,8,11H2,(H,21,22,23). The van der Waals surface area contributed by atoms with Gasteiger partial charge in [-0.15, -0.1) is 0 Å². The Kier molecular flexibility index (Phi) is 3.60. The minimum absolute atomic E-state index is 0.251. The van der Waals surface area contributed by atoms with E-state index in [4.69, 9.17) is 9.47 Å². The number of hydrogen-bond acceptors (Lipinski definition) is 6. The Bertz CT molecular complexity index is 1130. The molecular formula is C19H14FN5O2. The summed E-state index contributed by atoms with van der Waals surface area (Å²) in [7, 11) is 0. The predicted molar refractivity (Wildman–Crippen MR) is 96.5 cm³/mol. The molecule has 8 heteroatoms. The van der Waals surface area contributed by atoms with Crippen LogP contribution in [-0.4, -0.2) is 26.5 Å². The van der Waals surface area contributed by atoms with Crippen LogP contribution in [0, 0.1) is 5.82 Å². The third-order valence-corrected chi connectivity index (χ3v) is 4.33. The molecule has 5 rings (SSSR count). The number of aromatic nitrogens is 4. The molecule has 2 aromatic carbocycles. The molecule has 1 N–H and O–H groups in total. The Labute approximate surface area is 153 Å². The lowest BCUT2D eigenvalue weighted by molar-refractivity contribution is 0.174. The number of benzene rings is 2. The maximum Gasteiger partial charge on any atom is 0.231 e. The largest absolute Gasteiger partial charge is 0.454 e. The van der Waals surface area contributed by atoms with E-state index in [1.165, 1.54) is 18.5 Å². The Hall–Kier alpha value is -3.68. The number of ether oxygens (including phenoxy) is 2. The third kappa shape index (κ3) is 2.80. The molecule has 0 saturated heterocycles. The Morgan fingerprint density at radius 2 is 1.89 bits per heavy atom. The summed E-state index contributed by atoms with van der Waals surface area (Å²) in [5.74, 6) is 1.87. The second kappa shape index (κ2) is 6.24. The van der Waals surface area contributed by atoms with Gasteiger partial charge in [0.2, 0.25) is 6.79 Å². The van der Waals surface area contributed by atoms with Crippen molar-refractivity contribution in [2.75, 3.05) is 12.1 Å². The molecule has 0 fully saturated rings. The summed E-state index contributed by atoms with van der Waals surface area (Å²) >= 11 is 0. The highest BCUT2D eigenvalue weighted by Crippen LogP contribution is 2.32. The summed E-state index contributed by atoms with van der Waals surface area (Å²) in [5.41, 5.74) is 2.41. The van der Waals surface area contributed by atoms with Crippen LogP contribution >= 0.6 is 0 Å². The van der Waals surface area contributed by atoms with E-state index in [9.17, 15) is 4.39 Å². The van der Waals surface area contributed by atoms with E-state index in [2.05, 4.69) is 20.4 Å². The van der Waals surface area contributed by atoms with Crippen molar-refractivity contribution in [2.45, 2.75) is 6.54 Å². The molecule has 3 heterocycles. The van der Waals surface area contributed by atoms with Crippen LogP contribution in [0.5, 0.6) is 11.5 Å². The average molecular weight is 363 g/mol. The fraction of sp³-hybridized carbons (Fsp3) is 0.105. The van der Waals surface area contributed by atoms with Gasteiger partial charge in [0.05, 0.1) is 17.3 Å². The molecule has 0 bridgehead atoms. The van der Waals surface area contributed by atoms with Gasteiger partial charge in [-0.25, -0.2) is 19.0 Å². The van der Waals surface area contributed by atoms with E-state index in [0.29, 0.717) is 18.0 Å². The number of anilines is 1. The summed E-state index contributed by atoms with van der Waals surface area (Å²) in [4.78, 5) is 8.65. The van der Waals surface area contributed by atoms with Crippen molar-refractivity contribution in [3.05, 3.63) is 66.4 Å². The van der Waals surface area contributed by atoms with Gasteiger partial charge in [-0.2, -0.15) is 5.10 Å². The van der Waals surface area contributed by atoms with Crippen molar-refractivity contribution in [3.63, 3.8) is 0 Å². The summed E-state index contributed by atoms with van der Waals surface area (Å²) in [6, 6.07) is 11.9. The molecule has 27 heavy (non-hydrogen) atoms. The minimum Gasteiger partial charge on any atom is -0.454 e. The number of halogens is 1. The topological polar surface area (TPSA) is 74.1 Å². The molecule has 0 amide bonds. The fourth-order valence-electron chi connectivity index (χ4n) is 2.99. The van der Waals surface area contributed by atoms with Gasteiger partial charge < -0.3 is 14.8 Å². The van der Waals surface area contributed by atoms with Crippen molar-refractivity contribution in [1.82, 2.24) is 19.7 Å². The van der Waals surface area contributed by atoms with Gasteiger partial charge in [-0.1, -0.05) is 6.07 Å². The third-order valence-electron chi connectivity index (χ3n) is 4.33. The first kappa shape index (κ1) is 15.6. The van der Waals surface area contributed by atoms with Crippen molar-refractivity contribution in [1.29, 1.82) is 0 Å². The van der Waals surface area contributed by atoms with Crippen LogP contribution in [0.2, 0.25) is 0 Å². The van der Waals surface area contributed by atoms with Gasteiger partial charge in [0.25, 0.3) is 0 Å². The summed E-state index contributed by atoms with van der Waals surface area (Å²) in [5, 5.41) is 8.46. The second-order valence-corrected chi connectivity index (χ2v) is 6.03. The van der Waals surface area contributed by atoms with E-state index in [0.717, 1.165) is 28.1 Å². The molecule has 0 aliphatic carbocycles. The van der Waals surface area contributed by atoms with E-state index in [1.807, 2.05) is 18.2 Å². The SMILES string of the molecule is Fc1ccc(-n2ncc3c(NCc4ccc5c(c4)OCO5)ncnc32)cc1. The molecule has 7 nitrogen and oxygen atoms in total. The monoisotopic (exact) mass is 363 g/mol. The van der Waals surface area contributed by atoms with E-state index in [-0.39, 0.29) is 12.6 Å². The van der Waals surface area contributed by atoms with Crippen LogP contribution in [-0.2, 0) is 6.54 Å². The normalized spacial score (nSPS) is 12.5. The first-order chi connectivity index (χ1) is 13.3. The van der Waals surface area contributed by atoms with Gasteiger partial charge in [0, 0.05) is 6.54 Å². The molecule has 4 aromatic rings. The van der Waals surface area contributed by atoms with Crippen molar-refractivity contribution >= 4 is 16.9 Å². The zero-order valence-electron chi connectivity index (χ0n) is 14.1. The van der Waals surface area contributed by atoms with Crippen LogP contribution in [0.1, 0.15) is 5.56 Å². The molecule has 0 atom stereocenters. The van der Waals surface area contributed by atoms with Gasteiger partial charge in [0.15, 0.2) is 17.1 Å². The zero-order valence-corrected chi connectivity index (χ0v) is 14.1. The van der Waals surface area contributed by atoms with E-state index >= 15 is 0 Å². The lowest BCUT2D eigenvalue weighted by Gasteiger charge is -2.08. The molecular weight excluding hydrogens is 349 g/mol. The summed E-state index contributed by atoms with van der Waals surface area (Å²) < 4.78 is 25.6. The molecule has 0 unspecified atom stereocenters. The Morgan fingerprint density at radius 1 is 1.04 bits per heavy atom. The van der Waals surface area contributed by atoms with Gasteiger partial charge in [-0.3, -0.25) is 0 Å². The van der Waals surface area contributed by atoms with Gasteiger partial charge >= 0.3 is 0 Å².